The van der Waals surface area contributed by atoms with Crippen molar-refractivity contribution in [2.24, 2.45) is 0 Å². The summed E-state index contributed by atoms with van der Waals surface area (Å²) in [4.78, 5) is 21.4. The zero-order valence-electron chi connectivity index (χ0n) is 10.0. The predicted molar refractivity (Wildman–Crippen MR) is 72.0 cm³/mol. The van der Waals surface area contributed by atoms with Gasteiger partial charge in [0.2, 0.25) is 0 Å². The highest BCUT2D eigenvalue weighted by molar-refractivity contribution is 7.98. The first kappa shape index (κ1) is 13.0. The number of carbonyl (C=O) groups excluding carboxylic acids is 1. The lowest BCUT2D eigenvalue weighted by Crippen LogP contribution is -1.97. The van der Waals surface area contributed by atoms with Crippen LogP contribution in [0.2, 0.25) is 0 Å². The molecule has 0 saturated carbocycles. The van der Waals surface area contributed by atoms with Gasteiger partial charge in [-0.15, -0.1) is 23.1 Å². The van der Waals surface area contributed by atoms with Crippen molar-refractivity contribution < 1.29 is 9.53 Å². The number of hydrogen-bond acceptors (Lipinski definition) is 6. The number of rotatable bonds is 4. The Morgan fingerprint density at radius 3 is 3.00 bits per heavy atom. The molecule has 0 unspecified atom stereocenters. The van der Waals surface area contributed by atoms with E-state index in [1.54, 1.807) is 30.4 Å². The van der Waals surface area contributed by atoms with E-state index in [0.717, 1.165) is 21.2 Å². The van der Waals surface area contributed by atoms with Crippen LogP contribution in [-0.4, -0.2) is 23.0 Å². The van der Waals surface area contributed by atoms with Crippen LogP contribution in [0, 0.1) is 6.92 Å². The molecule has 0 bridgehead atoms. The number of ether oxygens (including phenoxy) is 1. The maximum atomic E-state index is 11.4. The number of aryl methyl sites for hydroxylation is 1. The summed E-state index contributed by atoms with van der Waals surface area (Å²) in [6.07, 6.45) is 5.05. The van der Waals surface area contributed by atoms with Crippen LogP contribution in [0.25, 0.3) is 0 Å². The van der Waals surface area contributed by atoms with Crippen molar-refractivity contribution in [3.8, 4) is 0 Å². The van der Waals surface area contributed by atoms with Gasteiger partial charge in [0.15, 0.2) is 0 Å². The summed E-state index contributed by atoms with van der Waals surface area (Å²) in [5, 5.41) is 0.878. The zero-order valence-corrected chi connectivity index (χ0v) is 11.7. The number of thioether (sulfide) groups is 1. The number of thiophene rings is 1. The minimum Gasteiger partial charge on any atom is -0.465 e. The van der Waals surface area contributed by atoms with Crippen LogP contribution >= 0.6 is 23.1 Å². The van der Waals surface area contributed by atoms with Gasteiger partial charge in [0.05, 0.1) is 13.3 Å². The molecular weight excluding hydrogens is 268 g/mol. The number of carbonyl (C=O) groups is 1. The highest BCUT2D eigenvalue weighted by atomic mass is 32.2. The van der Waals surface area contributed by atoms with Gasteiger partial charge in [-0.05, 0) is 18.6 Å². The van der Waals surface area contributed by atoms with Crippen molar-refractivity contribution in [2.45, 2.75) is 17.7 Å². The normalized spacial score (nSPS) is 10.3. The third-order valence-corrected chi connectivity index (χ3v) is 4.36. The van der Waals surface area contributed by atoms with E-state index in [9.17, 15) is 4.79 Å². The molecule has 2 aromatic heterocycles. The van der Waals surface area contributed by atoms with E-state index in [1.165, 1.54) is 18.4 Å². The summed E-state index contributed by atoms with van der Waals surface area (Å²) < 4.78 is 4.71. The molecule has 4 nitrogen and oxygen atoms in total. The smallest absolute Gasteiger partial charge is 0.348 e. The summed E-state index contributed by atoms with van der Waals surface area (Å²) in [7, 11) is 1.39. The maximum absolute atomic E-state index is 11.4. The van der Waals surface area contributed by atoms with Crippen molar-refractivity contribution >= 4 is 29.1 Å². The molecule has 2 rings (SSSR count). The molecule has 0 aliphatic heterocycles. The van der Waals surface area contributed by atoms with Crippen LogP contribution in [0.15, 0.2) is 29.7 Å². The summed E-state index contributed by atoms with van der Waals surface area (Å²) in [5.74, 6) is 0.497. The number of nitrogens with zero attached hydrogens (tertiary/aromatic N) is 2. The molecule has 0 saturated heterocycles. The van der Waals surface area contributed by atoms with Gasteiger partial charge >= 0.3 is 5.97 Å². The fraction of sp³-hybridized carbons (Fsp3) is 0.250. The monoisotopic (exact) mass is 280 g/mol. The summed E-state index contributed by atoms with van der Waals surface area (Å²) in [6.45, 7) is 2.00. The Labute approximate surface area is 113 Å². The van der Waals surface area contributed by atoms with E-state index in [1.807, 2.05) is 13.0 Å². The molecule has 6 heteroatoms. The molecule has 0 atom stereocenters. The Kier molecular flexibility index (Phi) is 4.33. The molecule has 0 aromatic carbocycles. The number of aromatic nitrogens is 2. The minimum absolute atomic E-state index is 0.279. The molecule has 0 aliphatic rings. The third kappa shape index (κ3) is 3.08. The Bertz CT molecular complexity index is 540. The lowest BCUT2D eigenvalue weighted by atomic mass is 10.3. The molecule has 2 heterocycles. The maximum Gasteiger partial charge on any atom is 0.348 e. The Morgan fingerprint density at radius 1 is 1.50 bits per heavy atom. The third-order valence-electron chi connectivity index (χ3n) is 2.32. The van der Waals surface area contributed by atoms with Gasteiger partial charge in [-0.25, -0.2) is 9.78 Å². The topological polar surface area (TPSA) is 52.1 Å². The van der Waals surface area contributed by atoms with Crippen LogP contribution in [0.5, 0.6) is 0 Å². The fourth-order valence-corrected chi connectivity index (χ4v) is 3.30. The Hall–Kier alpha value is -1.40. The second-order valence-electron chi connectivity index (χ2n) is 3.52. The van der Waals surface area contributed by atoms with Gasteiger partial charge in [0, 0.05) is 23.0 Å². The van der Waals surface area contributed by atoms with E-state index >= 15 is 0 Å². The van der Waals surface area contributed by atoms with Crippen LogP contribution in [-0.2, 0) is 10.5 Å². The van der Waals surface area contributed by atoms with Gasteiger partial charge in [-0.3, -0.25) is 4.98 Å². The van der Waals surface area contributed by atoms with Crippen molar-refractivity contribution in [3.05, 3.63) is 40.0 Å². The first-order valence-corrected chi connectivity index (χ1v) is 7.07. The van der Waals surface area contributed by atoms with E-state index < -0.39 is 0 Å². The summed E-state index contributed by atoms with van der Waals surface area (Å²) >= 11 is 3.06. The summed E-state index contributed by atoms with van der Waals surface area (Å²) in [6, 6.07) is 1.88. The molecule has 0 amide bonds. The molecule has 0 aliphatic carbocycles. The zero-order chi connectivity index (χ0) is 13.0. The van der Waals surface area contributed by atoms with Gasteiger partial charge in [-0.2, -0.15) is 0 Å². The average molecular weight is 280 g/mol. The molecular formula is C12H12N2O2S2. The van der Waals surface area contributed by atoms with E-state index in [4.69, 9.17) is 4.74 Å². The van der Waals surface area contributed by atoms with Crippen molar-refractivity contribution in [1.82, 2.24) is 9.97 Å². The molecule has 0 spiro atoms. The van der Waals surface area contributed by atoms with E-state index in [-0.39, 0.29) is 5.97 Å². The summed E-state index contributed by atoms with van der Waals surface area (Å²) in [5.41, 5.74) is 1.14. The van der Waals surface area contributed by atoms with Crippen molar-refractivity contribution in [2.75, 3.05) is 7.11 Å². The average Bonchev–Trinajstić information content (AvgIpc) is 2.78. The Balaban J connectivity index is 2.06. The SMILES string of the molecule is COC(=O)c1cc(CSc2cnccn2)c(C)s1. The second kappa shape index (κ2) is 5.97. The predicted octanol–water partition coefficient (Wildman–Crippen LogP) is 2.93. The quantitative estimate of drug-likeness (QED) is 0.636. The van der Waals surface area contributed by atoms with Gasteiger partial charge in [-0.1, -0.05) is 0 Å². The lowest BCUT2D eigenvalue weighted by Gasteiger charge is -1.99. The molecule has 2 aromatic rings. The van der Waals surface area contributed by atoms with Crippen LogP contribution in [0.3, 0.4) is 0 Å². The fourth-order valence-electron chi connectivity index (χ4n) is 1.38. The van der Waals surface area contributed by atoms with Gasteiger partial charge in [0.25, 0.3) is 0 Å². The van der Waals surface area contributed by atoms with E-state index in [0.29, 0.717) is 4.88 Å². The van der Waals surface area contributed by atoms with Crippen LogP contribution in [0.1, 0.15) is 20.1 Å². The first-order chi connectivity index (χ1) is 8.70. The molecule has 0 N–H and O–H groups in total. The molecule has 18 heavy (non-hydrogen) atoms. The standard InChI is InChI=1S/C12H12N2O2S2/c1-8-9(5-10(18-8)12(15)16-2)7-17-11-6-13-3-4-14-11/h3-6H,7H2,1-2H3. The first-order valence-electron chi connectivity index (χ1n) is 5.27. The second-order valence-corrected chi connectivity index (χ2v) is 5.77. The van der Waals surface area contributed by atoms with Crippen LogP contribution < -0.4 is 0 Å². The van der Waals surface area contributed by atoms with Crippen LogP contribution in [0.4, 0.5) is 0 Å². The number of esters is 1. The number of hydrogen-bond donors (Lipinski definition) is 0. The van der Waals surface area contributed by atoms with Gasteiger partial charge < -0.3 is 4.74 Å². The highest BCUT2D eigenvalue weighted by Crippen LogP contribution is 2.28. The highest BCUT2D eigenvalue weighted by Gasteiger charge is 2.12. The number of methoxy groups -OCH3 is 1. The minimum atomic E-state index is -0.279. The van der Waals surface area contributed by atoms with Crippen molar-refractivity contribution in [1.29, 1.82) is 0 Å². The molecule has 0 radical (unpaired) electrons. The van der Waals surface area contributed by atoms with Gasteiger partial charge in [0.1, 0.15) is 9.90 Å². The lowest BCUT2D eigenvalue weighted by molar-refractivity contribution is 0.0606. The largest absolute Gasteiger partial charge is 0.465 e. The van der Waals surface area contributed by atoms with Crippen molar-refractivity contribution in [3.63, 3.8) is 0 Å². The van der Waals surface area contributed by atoms with E-state index in [2.05, 4.69) is 9.97 Å². The molecule has 0 fully saturated rings. The molecule has 94 valence electrons. The Morgan fingerprint density at radius 2 is 2.33 bits per heavy atom.